The number of ketones is 1. The van der Waals surface area contributed by atoms with Crippen molar-refractivity contribution in [2.75, 3.05) is 0 Å². The highest BCUT2D eigenvalue weighted by molar-refractivity contribution is 7.10. The monoisotopic (exact) mass is 285 g/mol. The molecule has 0 fully saturated rings. The van der Waals surface area contributed by atoms with E-state index in [1.54, 1.807) is 42.0 Å². The standard InChI is InChI=1S/C15H15N3OS/c1-2-18-11-9-16-14(18)8-7-13(19)5-3-4-6-15-17-10-12-20-15/h3-12H,2H2,1H3/b5-3+,6-4+,8-7+. The van der Waals surface area contributed by atoms with E-state index in [4.69, 9.17) is 0 Å². The predicted octanol–water partition coefficient (Wildman–Crippen LogP) is 3.21. The lowest BCUT2D eigenvalue weighted by atomic mass is 10.3. The van der Waals surface area contributed by atoms with Gasteiger partial charge < -0.3 is 4.57 Å². The second-order valence-electron chi connectivity index (χ2n) is 3.90. The zero-order valence-corrected chi connectivity index (χ0v) is 12.0. The molecule has 2 heterocycles. The van der Waals surface area contributed by atoms with Gasteiger partial charge in [0.1, 0.15) is 10.8 Å². The molecule has 0 amide bonds. The van der Waals surface area contributed by atoms with E-state index in [0.29, 0.717) is 0 Å². The van der Waals surface area contributed by atoms with E-state index in [-0.39, 0.29) is 5.78 Å². The molecule has 0 saturated heterocycles. The number of hydrogen-bond donors (Lipinski definition) is 0. The molecule has 5 heteroatoms. The molecule has 0 spiro atoms. The summed E-state index contributed by atoms with van der Waals surface area (Å²) in [7, 11) is 0. The maximum atomic E-state index is 11.6. The van der Waals surface area contributed by atoms with Gasteiger partial charge in [0.15, 0.2) is 5.78 Å². The SMILES string of the molecule is CCn1ccnc1/C=C/C(=O)/C=C/C=C/c1nccs1. The van der Waals surface area contributed by atoms with Crippen molar-refractivity contribution in [1.29, 1.82) is 0 Å². The first-order valence-corrected chi connectivity index (χ1v) is 7.15. The fourth-order valence-electron chi connectivity index (χ4n) is 1.56. The van der Waals surface area contributed by atoms with Crippen LogP contribution in [0.3, 0.4) is 0 Å². The molecule has 0 saturated carbocycles. The molecule has 4 nitrogen and oxygen atoms in total. The molecular weight excluding hydrogens is 270 g/mol. The maximum Gasteiger partial charge on any atom is 0.178 e. The normalized spacial score (nSPS) is 12.1. The largest absolute Gasteiger partial charge is 0.332 e. The third-order valence-electron chi connectivity index (χ3n) is 2.55. The summed E-state index contributed by atoms with van der Waals surface area (Å²) < 4.78 is 1.97. The van der Waals surface area contributed by atoms with E-state index >= 15 is 0 Å². The van der Waals surface area contributed by atoms with E-state index < -0.39 is 0 Å². The zero-order valence-electron chi connectivity index (χ0n) is 11.1. The molecule has 2 aromatic rings. The minimum absolute atomic E-state index is 0.0700. The lowest BCUT2D eigenvalue weighted by molar-refractivity contribution is -0.110. The Hall–Kier alpha value is -2.27. The third kappa shape index (κ3) is 4.13. The molecule has 0 N–H and O–H groups in total. The molecule has 0 atom stereocenters. The van der Waals surface area contributed by atoms with Gasteiger partial charge in [-0.25, -0.2) is 9.97 Å². The summed E-state index contributed by atoms with van der Waals surface area (Å²) in [6, 6.07) is 0. The lowest BCUT2D eigenvalue weighted by Gasteiger charge is -1.97. The van der Waals surface area contributed by atoms with Gasteiger partial charge in [-0.1, -0.05) is 12.2 Å². The van der Waals surface area contributed by atoms with Gasteiger partial charge in [-0.2, -0.15) is 0 Å². The quantitative estimate of drug-likeness (QED) is 0.605. The smallest absolute Gasteiger partial charge is 0.178 e. The molecule has 2 rings (SSSR count). The number of imidazole rings is 1. The van der Waals surface area contributed by atoms with Crippen LogP contribution in [0.1, 0.15) is 17.8 Å². The Morgan fingerprint density at radius 2 is 2.15 bits per heavy atom. The molecule has 0 aliphatic rings. The van der Waals surface area contributed by atoms with Crippen molar-refractivity contribution in [3.8, 4) is 0 Å². The summed E-state index contributed by atoms with van der Waals surface area (Å²) in [5.41, 5.74) is 0. The van der Waals surface area contributed by atoms with Crippen molar-refractivity contribution in [2.24, 2.45) is 0 Å². The first-order valence-electron chi connectivity index (χ1n) is 6.27. The van der Waals surface area contributed by atoms with E-state index in [9.17, 15) is 4.79 Å². The first kappa shape index (κ1) is 14.1. The minimum Gasteiger partial charge on any atom is -0.332 e. The second kappa shape index (κ2) is 7.35. The Bertz CT molecular complexity index is 636. The van der Waals surface area contributed by atoms with Crippen molar-refractivity contribution >= 4 is 29.3 Å². The van der Waals surface area contributed by atoms with E-state index in [2.05, 4.69) is 9.97 Å². The topological polar surface area (TPSA) is 47.8 Å². The highest BCUT2D eigenvalue weighted by Gasteiger charge is 1.96. The fourth-order valence-corrected chi connectivity index (χ4v) is 2.10. The van der Waals surface area contributed by atoms with Crippen LogP contribution in [-0.2, 0) is 11.3 Å². The lowest BCUT2D eigenvalue weighted by Crippen LogP contribution is -1.95. The second-order valence-corrected chi connectivity index (χ2v) is 4.82. The Morgan fingerprint density at radius 1 is 1.25 bits per heavy atom. The van der Waals surface area contributed by atoms with Gasteiger partial charge in [-0.3, -0.25) is 4.79 Å². The Kier molecular flexibility index (Phi) is 5.20. The summed E-state index contributed by atoms with van der Waals surface area (Å²) in [6.07, 6.45) is 15.5. The molecule has 0 radical (unpaired) electrons. The van der Waals surface area contributed by atoms with Gasteiger partial charge >= 0.3 is 0 Å². The molecule has 0 unspecified atom stereocenters. The van der Waals surface area contributed by atoms with Gasteiger partial charge in [0.2, 0.25) is 0 Å². The molecular formula is C15H15N3OS. The first-order chi connectivity index (χ1) is 9.79. The van der Waals surface area contributed by atoms with Gasteiger partial charge in [-0.05, 0) is 31.2 Å². The predicted molar refractivity (Wildman–Crippen MR) is 82.2 cm³/mol. The van der Waals surface area contributed by atoms with Crippen molar-refractivity contribution < 1.29 is 4.79 Å². The average Bonchev–Trinajstić information content (AvgIpc) is 3.12. The van der Waals surface area contributed by atoms with E-state index in [0.717, 1.165) is 17.4 Å². The number of aromatic nitrogens is 3. The molecule has 20 heavy (non-hydrogen) atoms. The number of nitrogens with zero attached hydrogens (tertiary/aromatic N) is 3. The van der Waals surface area contributed by atoms with Crippen molar-refractivity contribution in [3.63, 3.8) is 0 Å². The number of carbonyl (C=O) groups excluding carboxylic acids is 1. The number of aryl methyl sites for hydroxylation is 1. The molecule has 102 valence electrons. The van der Waals surface area contributed by atoms with Crippen LogP contribution >= 0.6 is 11.3 Å². The van der Waals surface area contributed by atoms with Crippen LogP contribution in [0.15, 0.2) is 48.3 Å². The molecule has 0 aliphatic heterocycles. The van der Waals surface area contributed by atoms with Gasteiger partial charge in [0, 0.05) is 30.5 Å². The summed E-state index contributed by atoms with van der Waals surface area (Å²) in [6.45, 7) is 2.87. The van der Waals surface area contributed by atoms with Crippen LogP contribution in [0.5, 0.6) is 0 Å². The number of allylic oxidation sites excluding steroid dienone is 4. The Labute approximate surface area is 121 Å². The number of thiazole rings is 1. The fraction of sp³-hybridized carbons (Fsp3) is 0.133. The van der Waals surface area contributed by atoms with Gasteiger partial charge in [0.05, 0.1) is 0 Å². The Balaban J connectivity index is 1.89. The van der Waals surface area contributed by atoms with Crippen LogP contribution in [0.4, 0.5) is 0 Å². The number of hydrogen-bond acceptors (Lipinski definition) is 4. The van der Waals surface area contributed by atoms with Crippen molar-refractivity contribution in [1.82, 2.24) is 14.5 Å². The number of carbonyl (C=O) groups is 1. The molecule has 2 aromatic heterocycles. The number of rotatable bonds is 6. The van der Waals surface area contributed by atoms with Crippen molar-refractivity contribution in [2.45, 2.75) is 13.5 Å². The maximum absolute atomic E-state index is 11.6. The summed E-state index contributed by atoms with van der Waals surface area (Å²) in [4.78, 5) is 19.9. The summed E-state index contributed by atoms with van der Waals surface area (Å²) in [5.74, 6) is 0.715. The molecule has 0 aliphatic carbocycles. The van der Waals surface area contributed by atoms with Crippen LogP contribution in [-0.4, -0.2) is 20.3 Å². The van der Waals surface area contributed by atoms with Gasteiger partial charge in [0.25, 0.3) is 0 Å². The van der Waals surface area contributed by atoms with E-state index in [1.807, 2.05) is 29.1 Å². The zero-order chi connectivity index (χ0) is 14.2. The average molecular weight is 285 g/mol. The minimum atomic E-state index is -0.0700. The van der Waals surface area contributed by atoms with Crippen LogP contribution < -0.4 is 0 Å². The molecule has 0 aromatic carbocycles. The van der Waals surface area contributed by atoms with Crippen molar-refractivity contribution in [3.05, 3.63) is 59.1 Å². The van der Waals surface area contributed by atoms with E-state index in [1.165, 1.54) is 12.2 Å². The highest BCUT2D eigenvalue weighted by Crippen LogP contribution is 2.05. The molecule has 0 bridgehead atoms. The highest BCUT2D eigenvalue weighted by atomic mass is 32.1. The van der Waals surface area contributed by atoms with Gasteiger partial charge in [-0.15, -0.1) is 11.3 Å². The van der Waals surface area contributed by atoms with Crippen LogP contribution in [0, 0.1) is 0 Å². The summed E-state index contributed by atoms with van der Waals surface area (Å²) in [5, 5.41) is 2.83. The van der Waals surface area contributed by atoms with Crippen LogP contribution in [0.2, 0.25) is 0 Å². The third-order valence-corrected chi connectivity index (χ3v) is 3.29. The Morgan fingerprint density at radius 3 is 2.90 bits per heavy atom. The summed E-state index contributed by atoms with van der Waals surface area (Å²) >= 11 is 1.55. The van der Waals surface area contributed by atoms with Crippen LogP contribution in [0.25, 0.3) is 12.2 Å².